The van der Waals surface area contributed by atoms with Crippen LogP contribution < -0.4 is 5.73 Å². The van der Waals surface area contributed by atoms with Crippen molar-refractivity contribution in [2.75, 3.05) is 12.8 Å². The summed E-state index contributed by atoms with van der Waals surface area (Å²) in [5, 5.41) is 3.75. The number of benzene rings is 1. The van der Waals surface area contributed by atoms with Gasteiger partial charge in [0, 0.05) is 13.6 Å². The van der Waals surface area contributed by atoms with E-state index in [0.29, 0.717) is 0 Å². The molecule has 4 nitrogen and oxygen atoms in total. The van der Waals surface area contributed by atoms with Crippen LogP contribution in [0, 0.1) is 5.82 Å². The van der Waals surface area contributed by atoms with Gasteiger partial charge in [0.05, 0.1) is 5.69 Å². The Kier molecular flexibility index (Phi) is 3.88. The number of rotatable bonds is 4. The second kappa shape index (κ2) is 5.28. The van der Waals surface area contributed by atoms with Crippen molar-refractivity contribution in [3.8, 4) is 0 Å². The molecule has 7 heteroatoms. The Balaban J connectivity index is 2.31. The molecule has 2 N–H and O–H groups in total. The van der Waals surface area contributed by atoms with Gasteiger partial charge in [0.2, 0.25) is 10.0 Å². The molecule has 0 unspecified atom stereocenters. The van der Waals surface area contributed by atoms with Crippen molar-refractivity contribution in [2.24, 2.45) is 0 Å². The smallest absolute Gasteiger partial charge is 0.245 e. The first-order valence-electron chi connectivity index (χ1n) is 5.43. The third kappa shape index (κ3) is 2.94. The summed E-state index contributed by atoms with van der Waals surface area (Å²) in [5.74, 6) is -0.558. The van der Waals surface area contributed by atoms with Crippen LogP contribution >= 0.6 is 11.3 Å². The van der Waals surface area contributed by atoms with E-state index in [9.17, 15) is 12.8 Å². The van der Waals surface area contributed by atoms with Gasteiger partial charge in [-0.05, 0) is 40.6 Å². The predicted octanol–water partition coefficient (Wildman–Crippen LogP) is 2.29. The Bertz CT molecular complexity index is 669. The second-order valence-corrected chi connectivity index (χ2v) is 6.87. The first-order chi connectivity index (χ1) is 8.91. The molecule has 0 radical (unpaired) electrons. The lowest BCUT2D eigenvalue weighted by atomic mass is 10.3. The molecule has 102 valence electrons. The quantitative estimate of drug-likeness (QED) is 0.881. The highest BCUT2D eigenvalue weighted by molar-refractivity contribution is 7.89. The molecule has 0 amide bonds. The van der Waals surface area contributed by atoms with Crippen molar-refractivity contribution >= 4 is 27.0 Å². The molecule has 0 aliphatic heterocycles. The fourth-order valence-corrected chi connectivity index (χ4v) is 3.56. The molecule has 2 rings (SSSR count). The summed E-state index contributed by atoms with van der Waals surface area (Å²) >= 11 is 1.50. The SMILES string of the molecule is CN(Cc1ccsc1)S(=O)(=O)c1ccc(F)cc1N. The van der Waals surface area contributed by atoms with Crippen LogP contribution in [0.1, 0.15) is 5.56 Å². The van der Waals surface area contributed by atoms with Gasteiger partial charge in [0.15, 0.2) is 0 Å². The lowest BCUT2D eigenvalue weighted by Crippen LogP contribution is -2.27. The minimum Gasteiger partial charge on any atom is -0.398 e. The van der Waals surface area contributed by atoms with Gasteiger partial charge in [-0.25, -0.2) is 12.8 Å². The maximum Gasteiger partial charge on any atom is 0.245 e. The van der Waals surface area contributed by atoms with Crippen LogP contribution in [0.5, 0.6) is 0 Å². The van der Waals surface area contributed by atoms with E-state index in [4.69, 9.17) is 5.73 Å². The summed E-state index contributed by atoms with van der Waals surface area (Å²) in [5.41, 5.74) is 6.39. The van der Waals surface area contributed by atoms with E-state index in [2.05, 4.69) is 0 Å². The molecule has 0 saturated carbocycles. The summed E-state index contributed by atoms with van der Waals surface area (Å²) in [6.45, 7) is 0.253. The molecule has 2 aromatic rings. The molecule has 0 spiro atoms. The minimum atomic E-state index is -3.72. The van der Waals surface area contributed by atoms with Crippen LogP contribution in [0.25, 0.3) is 0 Å². The number of nitrogens with two attached hydrogens (primary N) is 1. The third-order valence-electron chi connectivity index (χ3n) is 2.65. The zero-order valence-electron chi connectivity index (χ0n) is 10.2. The van der Waals surface area contributed by atoms with Gasteiger partial charge in [-0.15, -0.1) is 0 Å². The van der Waals surface area contributed by atoms with E-state index in [0.717, 1.165) is 17.7 Å². The average molecular weight is 300 g/mol. The molecule has 0 bridgehead atoms. The van der Waals surface area contributed by atoms with Gasteiger partial charge in [-0.3, -0.25) is 0 Å². The van der Waals surface area contributed by atoms with Crippen LogP contribution in [0.15, 0.2) is 39.9 Å². The Hall–Kier alpha value is -1.44. The fraction of sp³-hybridized carbons (Fsp3) is 0.167. The monoisotopic (exact) mass is 300 g/mol. The summed E-state index contributed by atoms with van der Waals surface area (Å²) < 4.78 is 38.8. The zero-order valence-corrected chi connectivity index (χ0v) is 11.8. The number of halogens is 1. The van der Waals surface area contributed by atoms with Gasteiger partial charge in [-0.1, -0.05) is 0 Å². The molecule has 19 heavy (non-hydrogen) atoms. The molecule has 1 aromatic carbocycles. The number of nitrogens with zero attached hydrogens (tertiary/aromatic N) is 1. The number of hydrogen-bond acceptors (Lipinski definition) is 4. The first-order valence-corrected chi connectivity index (χ1v) is 7.82. The lowest BCUT2D eigenvalue weighted by Gasteiger charge is -2.17. The average Bonchev–Trinajstić information content (AvgIpc) is 2.81. The van der Waals surface area contributed by atoms with Crippen molar-refractivity contribution < 1.29 is 12.8 Å². The standard InChI is InChI=1S/C12H13FN2O2S2/c1-15(7-9-4-5-18-8-9)19(16,17)12-3-2-10(13)6-11(12)14/h2-6,8H,7,14H2,1H3. The zero-order chi connectivity index (χ0) is 14.0. The van der Waals surface area contributed by atoms with E-state index in [1.165, 1.54) is 28.8 Å². The van der Waals surface area contributed by atoms with Crippen LogP contribution in [0.2, 0.25) is 0 Å². The normalized spacial score (nSPS) is 11.9. The van der Waals surface area contributed by atoms with Crippen LogP contribution in [0.4, 0.5) is 10.1 Å². The van der Waals surface area contributed by atoms with Gasteiger partial charge in [-0.2, -0.15) is 15.6 Å². The van der Waals surface area contributed by atoms with E-state index >= 15 is 0 Å². The Labute approximate surface area is 115 Å². The molecule has 0 atom stereocenters. The van der Waals surface area contributed by atoms with Crippen molar-refractivity contribution in [1.29, 1.82) is 0 Å². The number of sulfonamides is 1. The second-order valence-electron chi connectivity index (χ2n) is 4.07. The van der Waals surface area contributed by atoms with E-state index in [1.807, 2.05) is 16.8 Å². The summed E-state index contributed by atoms with van der Waals surface area (Å²) in [7, 11) is -2.25. The topological polar surface area (TPSA) is 63.4 Å². The molecule has 0 aliphatic carbocycles. The first kappa shape index (κ1) is 14.0. The Morgan fingerprint density at radius 3 is 2.68 bits per heavy atom. The highest BCUT2D eigenvalue weighted by Crippen LogP contribution is 2.23. The van der Waals surface area contributed by atoms with Gasteiger partial charge in [0.25, 0.3) is 0 Å². The lowest BCUT2D eigenvalue weighted by molar-refractivity contribution is 0.467. The number of nitrogen functional groups attached to an aromatic ring is 1. The summed E-state index contributed by atoms with van der Waals surface area (Å²) in [4.78, 5) is -0.0772. The third-order valence-corrected chi connectivity index (χ3v) is 5.25. The molecule has 0 fully saturated rings. The van der Waals surface area contributed by atoms with Crippen molar-refractivity contribution in [3.05, 3.63) is 46.4 Å². The molecular weight excluding hydrogens is 287 g/mol. The van der Waals surface area contributed by atoms with Gasteiger partial charge >= 0.3 is 0 Å². The molecule has 1 aromatic heterocycles. The molecule has 0 saturated heterocycles. The van der Waals surface area contributed by atoms with Crippen LogP contribution in [-0.4, -0.2) is 19.8 Å². The fourth-order valence-electron chi connectivity index (χ4n) is 1.65. The van der Waals surface area contributed by atoms with Gasteiger partial charge in [0.1, 0.15) is 10.7 Å². The largest absolute Gasteiger partial charge is 0.398 e. The molecular formula is C12H13FN2O2S2. The van der Waals surface area contributed by atoms with Crippen molar-refractivity contribution in [2.45, 2.75) is 11.4 Å². The Morgan fingerprint density at radius 2 is 2.11 bits per heavy atom. The van der Waals surface area contributed by atoms with Gasteiger partial charge < -0.3 is 5.73 Å². The maximum atomic E-state index is 13.0. The highest BCUT2D eigenvalue weighted by Gasteiger charge is 2.23. The van der Waals surface area contributed by atoms with Crippen LogP contribution in [-0.2, 0) is 16.6 Å². The van der Waals surface area contributed by atoms with Crippen LogP contribution in [0.3, 0.4) is 0 Å². The molecule has 0 aliphatic rings. The predicted molar refractivity (Wildman–Crippen MR) is 73.8 cm³/mol. The summed E-state index contributed by atoms with van der Waals surface area (Å²) in [6.07, 6.45) is 0. The van der Waals surface area contributed by atoms with Crippen molar-refractivity contribution in [1.82, 2.24) is 4.31 Å². The number of hydrogen-bond donors (Lipinski definition) is 1. The maximum absolute atomic E-state index is 13.0. The number of anilines is 1. The highest BCUT2D eigenvalue weighted by atomic mass is 32.2. The van der Waals surface area contributed by atoms with Crippen molar-refractivity contribution in [3.63, 3.8) is 0 Å². The molecule has 1 heterocycles. The van der Waals surface area contributed by atoms with E-state index in [-0.39, 0.29) is 17.1 Å². The summed E-state index contributed by atoms with van der Waals surface area (Å²) in [6, 6.07) is 5.13. The Morgan fingerprint density at radius 1 is 1.37 bits per heavy atom. The number of thiophene rings is 1. The van der Waals surface area contributed by atoms with E-state index in [1.54, 1.807) is 0 Å². The van der Waals surface area contributed by atoms with E-state index < -0.39 is 15.8 Å². The minimum absolute atomic E-state index is 0.0772.